The van der Waals surface area contributed by atoms with Crippen molar-refractivity contribution >= 4 is 22.9 Å². The molecule has 7 heteroatoms. The summed E-state index contributed by atoms with van der Waals surface area (Å²) in [6.07, 6.45) is 2.98. The number of benzene rings is 1. The van der Waals surface area contributed by atoms with Crippen LogP contribution in [0.5, 0.6) is 0 Å². The molecule has 20 heavy (non-hydrogen) atoms. The van der Waals surface area contributed by atoms with E-state index in [1.165, 1.54) is 23.7 Å². The van der Waals surface area contributed by atoms with Crippen molar-refractivity contribution in [1.82, 2.24) is 19.7 Å². The smallest absolute Gasteiger partial charge is 0.137 e. The summed E-state index contributed by atoms with van der Waals surface area (Å²) in [7, 11) is 0. The summed E-state index contributed by atoms with van der Waals surface area (Å²) >= 11 is 7.18. The predicted molar refractivity (Wildman–Crippen MR) is 76.2 cm³/mol. The van der Waals surface area contributed by atoms with Gasteiger partial charge in [-0.25, -0.2) is 19.0 Å². The van der Waals surface area contributed by atoms with Gasteiger partial charge in [0.05, 0.1) is 18.1 Å². The van der Waals surface area contributed by atoms with Crippen molar-refractivity contribution in [3.63, 3.8) is 0 Å². The molecule has 0 atom stereocenters. The lowest BCUT2D eigenvalue weighted by atomic mass is 10.1. The number of hydrogen-bond acceptors (Lipinski definition) is 4. The van der Waals surface area contributed by atoms with E-state index in [1.807, 2.05) is 11.4 Å². The third-order valence-corrected chi connectivity index (χ3v) is 4.00. The highest BCUT2D eigenvalue weighted by molar-refractivity contribution is 7.13. The number of thiazole rings is 1. The Morgan fingerprint density at radius 2 is 2.25 bits per heavy atom. The molecule has 0 fully saturated rings. The quantitative estimate of drug-likeness (QED) is 0.694. The van der Waals surface area contributed by atoms with Crippen LogP contribution in [0, 0.1) is 5.82 Å². The zero-order chi connectivity index (χ0) is 13.9. The van der Waals surface area contributed by atoms with E-state index in [0.29, 0.717) is 18.0 Å². The Morgan fingerprint density at radius 1 is 1.35 bits per heavy atom. The number of aromatic nitrogens is 4. The standard InChI is InChI=1S/C13H10ClFN4S/c14-4-11-6-20-13(18-11)9-1-2-10(12(15)3-9)5-19-8-16-7-17-19/h1-3,6-8H,4-5H2. The molecule has 0 saturated heterocycles. The summed E-state index contributed by atoms with van der Waals surface area (Å²) < 4.78 is 15.7. The van der Waals surface area contributed by atoms with Gasteiger partial charge in [-0.05, 0) is 6.07 Å². The van der Waals surface area contributed by atoms with Crippen LogP contribution in [-0.2, 0) is 12.4 Å². The lowest BCUT2D eigenvalue weighted by Crippen LogP contribution is -2.02. The Bertz CT molecular complexity index is 711. The van der Waals surface area contributed by atoms with Gasteiger partial charge in [0.2, 0.25) is 0 Å². The number of halogens is 2. The van der Waals surface area contributed by atoms with Gasteiger partial charge in [0, 0.05) is 16.5 Å². The molecule has 0 amide bonds. The lowest BCUT2D eigenvalue weighted by Gasteiger charge is -2.04. The Hall–Kier alpha value is -1.79. The van der Waals surface area contributed by atoms with E-state index in [1.54, 1.807) is 17.1 Å². The first-order valence-corrected chi connectivity index (χ1v) is 7.29. The third-order valence-electron chi connectivity index (χ3n) is 2.79. The fourth-order valence-electron chi connectivity index (χ4n) is 1.80. The molecule has 2 aromatic heterocycles. The summed E-state index contributed by atoms with van der Waals surface area (Å²) in [6, 6.07) is 5.09. The molecule has 0 saturated carbocycles. The molecule has 4 nitrogen and oxygen atoms in total. The van der Waals surface area contributed by atoms with Gasteiger partial charge in [0.25, 0.3) is 0 Å². The number of nitrogens with zero attached hydrogens (tertiary/aromatic N) is 4. The molecule has 3 rings (SSSR count). The average molecular weight is 309 g/mol. The van der Waals surface area contributed by atoms with Crippen LogP contribution in [0.2, 0.25) is 0 Å². The summed E-state index contributed by atoms with van der Waals surface area (Å²) in [4.78, 5) is 8.17. The van der Waals surface area contributed by atoms with Gasteiger partial charge in [0.1, 0.15) is 23.5 Å². The Morgan fingerprint density at radius 3 is 2.90 bits per heavy atom. The maximum absolute atomic E-state index is 14.1. The first kappa shape index (κ1) is 13.2. The molecule has 0 spiro atoms. The van der Waals surface area contributed by atoms with Crippen LogP contribution in [0.4, 0.5) is 4.39 Å². The van der Waals surface area contributed by atoms with Gasteiger partial charge in [-0.15, -0.1) is 22.9 Å². The number of hydrogen-bond donors (Lipinski definition) is 0. The Kier molecular flexibility index (Phi) is 3.75. The molecule has 102 valence electrons. The highest BCUT2D eigenvalue weighted by atomic mass is 35.5. The van der Waals surface area contributed by atoms with Crippen molar-refractivity contribution in [2.24, 2.45) is 0 Å². The molecule has 0 aliphatic carbocycles. The topological polar surface area (TPSA) is 43.6 Å². The van der Waals surface area contributed by atoms with Crippen LogP contribution in [-0.4, -0.2) is 19.7 Å². The molecule has 1 aromatic carbocycles. The lowest BCUT2D eigenvalue weighted by molar-refractivity contribution is 0.585. The summed E-state index contributed by atoms with van der Waals surface area (Å²) in [5.74, 6) is 0.0872. The van der Waals surface area contributed by atoms with Crippen LogP contribution in [0.3, 0.4) is 0 Å². The molecule has 0 radical (unpaired) electrons. The van der Waals surface area contributed by atoms with Crippen molar-refractivity contribution in [2.75, 3.05) is 0 Å². The first-order chi connectivity index (χ1) is 9.76. The minimum Gasteiger partial charge on any atom is -0.248 e. The minimum atomic E-state index is -0.277. The van der Waals surface area contributed by atoms with E-state index in [4.69, 9.17) is 11.6 Å². The average Bonchev–Trinajstić information content (AvgIpc) is 3.12. The number of rotatable bonds is 4. The maximum atomic E-state index is 14.1. The van der Waals surface area contributed by atoms with Crippen molar-refractivity contribution in [1.29, 1.82) is 0 Å². The molecule has 0 N–H and O–H groups in total. The highest BCUT2D eigenvalue weighted by Crippen LogP contribution is 2.26. The first-order valence-electron chi connectivity index (χ1n) is 5.88. The fraction of sp³-hybridized carbons (Fsp3) is 0.154. The summed E-state index contributed by atoms with van der Waals surface area (Å²) in [5, 5.41) is 6.61. The summed E-state index contributed by atoms with van der Waals surface area (Å²) in [6.45, 7) is 0.358. The largest absolute Gasteiger partial charge is 0.248 e. The Labute approximate surface area is 123 Å². The van der Waals surface area contributed by atoms with Crippen molar-refractivity contribution < 1.29 is 4.39 Å². The molecular weight excluding hydrogens is 299 g/mol. The third kappa shape index (κ3) is 2.71. The molecule has 0 bridgehead atoms. The second-order valence-corrected chi connectivity index (χ2v) is 5.30. The van der Waals surface area contributed by atoms with Gasteiger partial charge in [-0.1, -0.05) is 12.1 Å². The second-order valence-electron chi connectivity index (χ2n) is 4.18. The normalized spacial score (nSPS) is 10.9. The molecule has 0 aliphatic rings. The van der Waals surface area contributed by atoms with Crippen molar-refractivity contribution in [3.05, 3.63) is 53.3 Å². The van der Waals surface area contributed by atoms with Gasteiger partial charge >= 0.3 is 0 Å². The van der Waals surface area contributed by atoms with Crippen LogP contribution >= 0.6 is 22.9 Å². The zero-order valence-electron chi connectivity index (χ0n) is 10.3. The van der Waals surface area contributed by atoms with Crippen LogP contribution in [0.1, 0.15) is 11.3 Å². The predicted octanol–water partition coefficient (Wildman–Crippen LogP) is 3.33. The van der Waals surface area contributed by atoms with E-state index in [9.17, 15) is 4.39 Å². The van der Waals surface area contributed by atoms with Gasteiger partial charge in [-0.3, -0.25) is 0 Å². The number of alkyl halides is 1. The minimum absolute atomic E-state index is 0.277. The highest BCUT2D eigenvalue weighted by Gasteiger charge is 2.09. The monoisotopic (exact) mass is 308 g/mol. The van der Waals surface area contributed by atoms with E-state index < -0.39 is 0 Å². The zero-order valence-corrected chi connectivity index (χ0v) is 11.9. The second kappa shape index (κ2) is 5.68. The SMILES string of the molecule is Fc1cc(-c2nc(CCl)cs2)ccc1Cn1cncn1. The molecular formula is C13H10ClFN4S. The molecule has 2 heterocycles. The van der Waals surface area contributed by atoms with E-state index in [2.05, 4.69) is 15.1 Å². The van der Waals surface area contributed by atoms with Gasteiger partial charge in [-0.2, -0.15) is 5.10 Å². The van der Waals surface area contributed by atoms with Crippen LogP contribution in [0.25, 0.3) is 10.6 Å². The fourth-order valence-corrected chi connectivity index (χ4v) is 2.84. The van der Waals surface area contributed by atoms with Crippen LogP contribution < -0.4 is 0 Å². The summed E-state index contributed by atoms with van der Waals surface area (Å²) in [5.41, 5.74) is 2.12. The van der Waals surface area contributed by atoms with E-state index in [0.717, 1.165) is 16.3 Å². The van der Waals surface area contributed by atoms with E-state index in [-0.39, 0.29) is 5.82 Å². The molecule has 0 unspecified atom stereocenters. The molecule has 0 aliphatic heterocycles. The molecule has 3 aromatic rings. The van der Waals surface area contributed by atoms with Crippen molar-refractivity contribution in [3.8, 4) is 10.6 Å². The van der Waals surface area contributed by atoms with E-state index >= 15 is 0 Å². The van der Waals surface area contributed by atoms with Crippen LogP contribution in [0.15, 0.2) is 36.2 Å². The Balaban J connectivity index is 1.87. The van der Waals surface area contributed by atoms with Gasteiger partial charge < -0.3 is 0 Å². The van der Waals surface area contributed by atoms with Gasteiger partial charge in [0.15, 0.2) is 0 Å². The van der Waals surface area contributed by atoms with Crippen molar-refractivity contribution in [2.45, 2.75) is 12.4 Å². The maximum Gasteiger partial charge on any atom is 0.137 e.